The fraction of sp³-hybridized carbons (Fsp3) is 0.556. The Hall–Kier alpha value is -1.83. The van der Waals surface area contributed by atoms with Gasteiger partial charge in [-0.3, -0.25) is 4.90 Å². The maximum absolute atomic E-state index is 5.69. The standard InChI is InChI=1S/C18H22N4O3.ClH/c1-22-5-4-19-10-14(22)17-20-18(25-21-17)13-9-12(13)11-2-3-15-16(8-11)24-7-6-23-15;/h2-3,8,12-14,19H,4-7,9-10H2,1H3;1H. The fourth-order valence-corrected chi connectivity index (χ4v) is 3.75. The lowest BCUT2D eigenvalue weighted by atomic mass is 10.1. The number of piperazine rings is 1. The van der Waals surface area contributed by atoms with E-state index in [1.54, 1.807) is 0 Å². The van der Waals surface area contributed by atoms with E-state index in [4.69, 9.17) is 19.0 Å². The molecule has 0 spiro atoms. The molecule has 1 saturated carbocycles. The second kappa shape index (κ2) is 7.06. The minimum absolute atomic E-state index is 0. The Kier molecular flexibility index (Phi) is 4.77. The summed E-state index contributed by atoms with van der Waals surface area (Å²) in [4.78, 5) is 6.97. The number of nitrogens with one attached hydrogen (secondary N) is 1. The zero-order chi connectivity index (χ0) is 16.8. The Balaban J connectivity index is 0.00000168. The van der Waals surface area contributed by atoms with Crippen molar-refractivity contribution in [1.29, 1.82) is 0 Å². The molecule has 3 unspecified atom stereocenters. The van der Waals surface area contributed by atoms with Crippen molar-refractivity contribution in [3.8, 4) is 11.5 Å². The minimum atomic E-state index is 0. The Labute approximate surface area is 158 Å². The monoisotopic (exact) mass is 378 g/mol. The largest absolute Gasteiger partial charge is 0.486 e. The summed E-state index contributed by atoms with van der Waals surface area (Å²) in [5.41, 5.74) is 1.26. The summed E-state index contributed by atoms with van der Waals surface area (Å²) in [6.07, 6.45) is 1.04. The van der Waals surface area contributed by atoms with Crippen molar-refractivity contribution in [3.05, 3.63) is 35.5 Å². The number of hydrogen-bond acceptors (Lipinski definition) is 7. The number of halogens is 1. The fourth-order valence-electron chi connectivity index (χ4n) is 3.75. The quantitative estimate of drug-likeness (QED) is 0.876. The first-order valence-corrected chi connectivity index (χ1v) is 8.93. The first-order chi connectivity index (χ1) is 12.3. The molecule has 3 aliphatic rings. The van der Waals surface area contributed by atoms with Crippen molar-refractivity contribution in [2.45, 2.75) is 24.3 Å². The molecule has 0 amide bonds. The highest BCUT2D eigenvalue weighted by Crippen LogP contribution is 2.55. The van der Waals surface area contributed by atoms with Crippen molar-refractivity contribution < 1.29 is 14.0 Å². The summed E-state index contributed by atoms with van der Waals surface area (Å²) >= 11 is 0. The van der Waals surface area contributed by atoms with E-state index in [0.717, 1.165) is 49.3 Å². The van der Waals surface area contributed by atoms with Crippen LogP contribution < -0.4 is 14.8 Å². The average molecular weight is 379 g/mol. The van der Waals surface area contributed by atoms with Crippen LogP contribution >= 0.6 is 12.4 Å². The van der Waals surface area contributed by atoms with Crippen molar-refractivity contribution in [3.63, 3.8) is 0 Å². The van der Waals surface area contributed by atoms with E-state index < -0.39 is 0 Å². The Morgan fingerprint density at radius 3 is 2.85 bits per heavy atom. The van der Waals surface area contributed by atoms with Crippen LogP contribution in [0.1, 0.15) is 41.6 Å². The molecule has 3 atom stereocenters. The van der Waals surface area contributed by atoms with Gasteiger partial charge in [-0.25, -0.2) is 0 Å². The molecule has 3 heterocycles. The number of ether oxygens (including phenoxy) is 2. The van der Waals surface area contributed by atoms with Gasteiger partial charge in [0.15, 0.2) is 17.3 Å². The molecule has 7 nitrogen and oxygen atoms in total. The van der Waals surface area contributed by atoms with Gasteiger partial charge in [-0.15, -0.1) is 12.4 Å². The Morgan fingerprint density at radius 1 is 1.15 bits per heavy atom. The molecule has 1 aliphatic carbocycles. The molecule has 5 rings (SSSR count). The van der Waals surface area contributed by atoms with Crippen molar-refractivity contribution >= 4 is 12.4 Å². The maximum atomic E-state index is 5.69. The van der Waals surface area contributed by atoms with Gasteiger partial charge in [0.1, 0.15) is 13.2 Å². The molecule has 140 valence electrons. The van der Waals surface area contributed by atoms with Gasteiger partial charge in [0.05, 0.1) is 6.04 Å². The van der Waals surface area contributed by atoms with Gasteiger partial charge in [-0.1, -0.05) is 11.2 Å². The van der Waals surface area contributed by atoms with Crippen LogP contribution in [0.4, 0.5) is 0 Å². The van der Waals surface area contributed by atoms with Gasteiger partial charge >= 0.3 is 0 Å². The van der Waals surface area contributed by atoms with Gasteiger partial charge < -0.3 is 19.3 Å². The van der Waals surface area contributed by atoms with Crippen LogP contribution in [0, 0.1) is 0 Å². The molecule has 0 bridgehead atoms. The summed E-state index contributed by atoms with van der Waals surface area (Å²) in [5, 5.41) is 7.63. The minimum Gasteiger partial charge on any atom is -0.486 e. The van der Waals surface area contributed by atoms with Crippen molar-refractivity contribution in [1.82, 2.24) is 20.4 Å². The van der Waals surface area contributed by atoms with Gasteiger partial charge in [0.2, 0.25) is 5.89 Å². The van der Waals surface area contributed by atoms with Crippen LogP contribution in [0.25, 0.3) is 0 Å². The molecule has 2 fully saturated rings. The van der Waals surface area contributed by atoms with Crippen LogP contribution in [0.2, 0.25) is 0 Å². The van der Waals surface area contributed by atoms with E-state index in [-0.39, 0.29) is 18.4 Å². The van der Waals surface area contributed by atoms with Crippen molar-refractivity contribution in [2.75, 3.05) is 39.9 Å². The summed E-state index contributed by atoms with van der Waals surface area (Å²) in [6, 6.07) is 6.41. The van der Waals surface area contributed by atoms with Crippen LogP contribution in [0.5, 0.6) is 11.5 Å². The highest BCUT2D eigenvalue weighted by Gasteiger charge is 2.44. The van der Waals surface area contributed by atoms with E-state index in [1.807, 2.05) is 6.07 Å². The van der Waals surface area contributed by atoms with Crippen LogP contribution in [0.3, 0.4) is 0 Å². The topological polar surface area (TPSA) is 72.7 Å². The average Bonchev–Trinajstić information content (AvgIpc) is 3.31. The third kappa shape index (κ3) is 3.15. The predicted octanol–water partition coefficient (Wildman–Crippen LogP) is 2.11. The number of hydrogen-bond donors (Lipinski definition) is 1. The van der Waals surface area contributed by atoms with E-state index in [2.05, 4.69) is 34.6 Å². The molecular weight excluding hydrogens is 356 g/mol. The molecule has 1 aromatic heterocycles. The predicted molar refractivity (Wildman–Crippen MR) is 97.3 cm³/mol. The second-order valence-corrected chi connectivity index (χ2v) is 7.04. The highest BCUT2D eigenvalue weighted by atomic mass is 35.5. The number of rotatable bonds is 3. The maximum Gasteiger partial charge on any atom is 0.230 e. The van der Waals surface area contributed by atoms with E-state index in [0.29, 0.717) is 25.0 Å². The van der Waals surface area contributed by atoms with E-state index in [9.17, 15) is 0 Å². The summed E-state index contributed by atoms with van der Waals surface area (Å²) in [7, 11) is 2.11. The molecule has 1 aromatic carbocycles. The number of likely N-dealkylation sites (N-methyl/N-ethyl adjacent to an activating group) is 1. The second-order valence-electron chi connectivity index (χ2n) is 7.04. The first-order valence-electron chi connectivity index (χ1n) is 8.93. The Morgan fingerprint density at radius 2 is 2.00 bits per heavy atom. The molecule has 2 aliphatic heterocycles. The number of benzene rings is 1. The lowest BCUT2D eigenvalue weighted by molar-refractivity contribution is 0.171. The lowest BCUT2D eigenvalue weighted by Gasteiger charge is -2.30. The zero-order valence-corrected chi connectivity index (χ0v) is 15.5. The van der Waals surface area contributed by atoms with Gasteiger partial charge in [0.25, 0.3) is 0 Å². The van der Waals surface area contributed by atoms with Crippen LogP contribution in [-0.2, 0) is 0 Å². The van der Waals surface area contributed by atoms with Gasteiger partial charge in [0, 0.05) is 25.6 Å². The van der Waals surface area contributed by atoms with Crippen LogP contribution in [0.15, 0.2) is 22.7 Å². The molecule has 0 radical (unpaired) electrons. The van der Waals surface area contributed by atoms with E-state index >= 15 is 0 Å². The smallest absolute Gasteiger partial charge is 0.230 e. The third-order valence-corrected chi connectivity index (χ3v) is 5.37. The molecule has 1 N–H and O–H groups in total. The van der Waals surface area contributed by atoms with Gasteiger partial charge in [-0.05, 0) is 37.1 Å². The molecule has 8 heteroatoms. The molecule has 1 saturated heterocycles. The molecule has 26 heavy (non-hydrogen) atoms. The first kappa shape index (κ1) is 17.6. The highest BCUT2D eigenvalue weighted by molar-refractivity contribution is 5.85. The van der Waals surface area contributed by atoms with E-state index in [1.165, 1.54) is 5.56 Å². The molecular formula is C18H23ClN4O3. The van der Waals surface area contributed by atoms with Crippen molar-refractivity contribution in [2.24, 2.45) is 0 Å². The number of fused-ring (bicyclic) bond motifs is 1. The number of aromatic nitrogens is 2. The summed E-state index contributed by atoms with van der Waals surface area (Å²) in [5.74, 6) is 3.96. The summed E-state index contributed by atoms with van der Waals surface area (Å²) < 4.78 is 16.9. The lowest BCUT2D eigenvalue weighted by Crippen LogP contribution is -2.44. The Bertz CT molecular complexity index is 784. The third-order valence-electron chi connectivity index (χ3n) is 5.37. The SMILES string of the molecule is CN1CCNCC1c1noc(C2CC2c2ccc3c(c2)OCCO3)n1.Cl. The normalized spacial score (nSPS) is 27.7. The zero-order valence-electron chi connectivity index (χ0n) is 14.7. The van der Waals surface area contributed by atoms with Crippen LogP contribution in [-0.4, -0.2) is 54.9 Å². The van der Waals surface area contributed by atoms with Gasteiger partial charge in [-0.2, -0.15) is 4.98 Å². The summed E-state index contributed by atoms with van der Waals surface area (Å²) in [6.45, 7) is 4.10. The molecule has 2 aromatic rings. The number of nitrogens with zero attached hydrogens (tertiary/aromatic N) is 3.